The molecule has 136 valence electrons. The molecule has 2 rings (SSSR count). The normalized spacial score (nSPS) is 16.2. The topological polar surface area (TPSA) is 54.9 Å². The standard InChI is InChI=1S/C18H29N3O2.HI/c1-18(9-5-6-10-18)13-21-17(19-2)20-12-14-7-8-15(22-3)11-16(14)23-4;/h7-8,11H,5-6,9-10,12-13H2,1-4H3,(H2,19,20,21);1H. The van der Waals surface area contributed by atoms with E-state index in [1.807, 2.05) is 18.2 Å². The van der Waals surface area contributed by atoms with Crippen molar-refractivity contribution in [3.05, 3.63) is 23.8 Å². The van der Waals surface area contributed by atoms with Crippen LogP contribution in [0.3, 0.4) is 0 Å². The first kappa shape index (κ1) is 20.9. The molecule has 1 aliphatic carbocycles. The van der Waals surface area contributed by atoms with Gasteiger partial charge in [-0.3, -0.25) is 4.99 Å². The minimum Gasteiger partial charge on any atom is -0.497 e. The Hall–Kier alpha value is -1.18. The van der Waals surface area contributed by atoms with E-state index in [0.29, 0.717) is 12.0 Å². The molecule has 1 aromatic carbocycles. The molecule has 0 aromatic heterocycles. The summed E-state index contributed by atoms with van der Waals surface area (Å²) in [4.78, 5) is 4.31. The van der Waals surface area contributed by atoms with Gasteiger partial charge >= 0.3 is 0 Å². The van der Waals surface area contributed by atoms with Gasteiger partial charge in [-0.1, -0.05) is 19.8 Å². The van der Waals surface area contributed by atoms with Gasteiger partial charge in [0.05, 0.1) is 14.2 Å². The molecule has 1 aromatic rings. The van der Waals surface area contributed by atoms with E-state index in [1.54, 1.807) is 21.3 Å². The van der Waals surface area contributed by atoms with Crippen molar-refractivity contribution in [3.8, 4) is 11.5 Å². The Kier molecular flexibility index (Phi) is 8.66. The zero-order chi connectivity index (χ0) is 16.7. The number of halogens is 1. The summed E-state index contributed by atoms with van der Waals surface area (Å²) in [5.74, 6) is 2.44. The maximum Gasteiger partial charge on any atom is 0.191 e. The molecule has 0 spiro atoms. The van der Waals surface area contributed by atoms with Crippen LogP contribution in [0, 0.1) is 5.41 Å². The summed E-state index contributed by atoms with van der Waals surface area (Å²) < 4.78 is 10.7. The predicted molar refractivity (Wildman–Crippen MR) is 110 cm³/mol. The maximum atomic E-state index is 5.43. The third-order valence-corrected chi connectivity index (χ3v) is 4.66. The monoisotopic (exact) mass is 447 g/mol. The minimum atomic E-state index is 0. The van der Waals surface area contributed by atoms with Gasteiger partial charge in [0.25, 0.3) is 0 Å². The lowest BCUT2D eigenvalue weighted by molar-refractivity contribution is 0.334. The van der Waals surface area contributed by atoms with E-state index in [2.05, 4.69) is 22.5 Å². The van der Waals surface area contributed by atoms with Crippen molar-refractivity contribution in [1.82, 2.24) is 10.6 Å². The maximum absolute atomic E-state index is 5.43. The summed E-state index contributed by atoms with van der Waals surface area (Å²) in [7, 11) is 5.13. The molecule has 0 saturated heterocycles. The summed E-state index contributed by atoms with van der Waals surface area (Å²) >= 11 is 0. The molecule has 0 radical (unpaired) electrons. The highest BCUT2D eigenvalue weighted by atomic mass is 127. The summed E-state index contributed by atoms with van der Waals surface area (Å²) in [6.45, 7) is 3.97. The van der Waals surface area contributed by atoms with Crippen LogP contribution in [0.4, 0.5) is 0 Å². The van der Waals surface area contributed by atoms with Crippen LogP contribution in [0.2, 0.25) is 0 Å². The Morgan fingerprint density at radius 1 is 1.17 bits per heavy atom. The summed E-state index contributed by atoms with van der Waals surface area (Å²) in [6.07, 6.45) is 5.27. The molecule has 1 fully saturated rings. The lowest BCUT2D eigenvalue weighted by Crippen LogP contribution is -2.41. The molecule has 2 N–H and O–H groups in total. The molecule has 0 aliphatic heterocycles. The first-order valence-electron chi connectivity index (χ1n) is 8.25. The Morgan fingerprint density at radius 2 is 1.88 bits per heavy atom. The number of methoxy groups -OCH3 is 2. The second kappa shape index (κ2) is 9.96. The van der Waals surface area contributed by atoms with Gasteiger partial charge in [-0.05, 0) is 30.4 Å². The highest BCUT2D eigenvalue weighted by molar-refractivity contribution is 14.0. The van der Waals surface area contributed by atoms with Crippen LogP contribution in [0.5, 0.6) is 11.5 Å². The van der Waals surface area contributed by atoms with Crippen LogP contribution in [0.1, 0.15) is 38.2 Å². The van der Waals surface area contributed by atoms with Crippen molar-refractivity contribution in [3.63, 3.8) is 0 Å². The van der Waals surface area contributed by atoms with Crippen molar-refractivity contribution in [2.75, 3.05) is 27.8 Å². The van der Waals surface area contributed by atoms with E-state index in [4.69, 9.17) is 9.47 Å². The van der Waals surface area contributed by atoms with Crippen LogP contribution in [-0.4, -0.2) is 33.8 Å². The molecule has 0 bridgehead atoms. The highest BCUT2D eigenvalue weighted by Gasteiger charge is 2.28. The molecule has 6 heteroatoms. The number of hydrogen-bond acceptors (Lipinski definition) is 3. The Morgan fingerprint density at radius 3 is 2.46 bits per heavy atom. The Labute approximate surface area is 162 Å². The largest absolute Gasteiger partial charge is 0.497 e. The number of aliphatic imine (C=N–C) groups is 1. The van der Waals surface area contributed by atoms with Gasteiger partial charge < -0.3 is 20.1 Å². The SMILES string of the molecule is CN=C(NCc1ccc(OC)cc1OC)NCC1(C)CCCC1.I. The second-order valence-electron chi connectivity index (χ2n) is 6.47. The summed E-state index contributed by atoms with van der Waals surface area (Å²) in [5, 5.41) is 6.81. The van der Waals surface area contributed by atoms with Gasteiger partial charge in [-0.2, -0.15) is 0 Å². The highest BCUT2D eigenvalue weighted by Crippen LogP contribution is 2.36. The fourth-order valence-corrected chi connectivity index (χ4v) is 3.10. The van der Waals surface area contributed by atoms with E-state index in [-0.39, 0.29) is 24.0 Å². The fourth-order valence-electron chi connectivity index (χ4n) is 3.10. The molecule has 24 heavy (non-hydrogen) atoms. The Balaban J connectivity index is 0.00000288. The summed E-state index contributed by atoms with van der Waals surface area (Å²) in [6, 6.07) is 5.85. The zero-order valence-corrected chi connectivity index (χ0v) is 17.5. The Bertz CT molecular complexity index is 543. The van der Waals surface area contributed by atoms with Gasteiger partial charge in [-0.25, -0.2) is 0 Å². The first-order chi connectivity index (χ1) is 11.1. The van der Waals surface area contributed by atoms with Crippen LogP contribution in [0.15, 0.2) is 23.2 Å². The van der Waals surface area contributed by atoms with Crippen molar-refractivity contribution >= 4 is 29.9 Å². The predicted octanol–water partition coefficient (Wildman–Crippen LogP) is 3.57. The minimum absolute atomic E-state index is 0. The van der Waals surface area contributed by atoms with Crippen molar-refractivity contribution in [2.24, 2.45) is 10.4 Å². The zero-order valence-electron chi connectivity index (χ0n) is 15.1. The molecule has 0 amide bonds. The smallest absolute Gasteiger partial charge is 0.191 e. The third kappa shape index (κ3) is 5.72. The molecule has 5 nitrogen and oxygen atoms in total. The number of ether oxygens (including phenoxy) is 2. The molecule has 0 heterocycles. The second-order valence-corrected chi connectivity index (χ2v) is 6.47. The van der Waals surface area contributed by atoms with Crippen molar-refractivity contribution in [2.45, 2.75) is 39.2 Å². The molecule has 0 atom stereocenters. The number of rotatable bonds is 6. The average Bonchev–Trinajstić information content (AvgIpc) is 3.01. The van der Waals surface area contributed by atoms with Gasteiger partial charge in [0.15, 0.2) is 5.96 Å². The number of guanidine groups is 1. The lowest BCUT2D eigenvalue weighted by atomic mass is 9.89. The average molecular weight is 447 g/mol. The van der Waals surface area contributed by atoms with Crippen molar-refractivity contribution in [1.29, 1.82) is 0 Å². The molecular weight excluding hydrogens is 417 g/mol. The number of nitrogens with one attached hydrogen (secondary N) is 2. The van der Waals surface area contributed by atoms with Crippen LogP contribution >= 0.6 is 24.0 Å². The third-order valence-electron chi connectivity index (χ3n) is 4.66. The fraction of sp³-hybridized carbons (Fsp3) is 0.611. The first-order valence-corrected chi connectivity index (χ1v) is 8.25. The van der Waals surface area contributed by atoms with Crippen LogP contribution in [-0.2, 0) is 6.54 Å². The van der Waals surface area contributed by atoms with E-state index < -0.39 is 0 Å². The van der Waals surface area contributed by atoms with E-state index >= 15 is 0 Å². The molecule has 0 unspecified atom stereocenters. The van der Waals surface area contributed by atoms with E-state index in [0.717, 1.165) is 29.6 Å². The molecule has 1 saturated carbocycles. The molecule has 1 aliphatic rings. The van der Waals surface area contributed by atoms with Crippen molar-refractivity contribution < 1.29 is 9.47 Å². The van der Waals surface area contributed by atoms with Gasteiger partial charge in [-0.15, -0.1) is 24.0 Å². The number of nitrogens with zero attached hydrogens (tertiary/aromatic N) is 1. The van der Waals surface area contributed by atoms with Crippen LogP contribution in [0.25, 0.3) is 0 Å². The number of hydrogen-bond donors (Lipinski definition) is 2. The quantitative estimate of drug-likeness (QED) is 0.398. The lowest BCUT2D eigenvalue weighted by Gasteiger charge is -2.25. The van der Waals surface area contributed by atoms with Gasteiger partial charge in [0, 0.05) is 31.8 Å². The van der Waals surface area contributed by atoms with Gasteiger partial charge in [0.2, 0.25) is 0 Å². The summed E-state index contributed by atoms with van der Waals surface area (Å²) in [5.41, 5.74) is 1.47. The number of benzene rings is 1. The van der Waals surface area contributed by atoms with Crippen LogP contribution < -0.4 is 20.1 Å². The molecular formula is C18H30IN3O2. The van der Waals surface area contributed by atoms with E-state index in [9.17, 15) is 0 Å². The van der Waals surface area contributed by atoms with Gasteiger partial charge in [0.1, 0.15) is 11.5 Å². The van der Waals surface area contributed by atoms with E-state index in [1.165, 1.54) is 25.7 Å².